The lowest BCUT2D eigenvalue weighted by Gasteiger charge is -2.21. The lowest BCUT2D eigenvalue weighted by atomic mass is 9.84. The summed E-state index contributed by atoms with van der Waals surface area (Å²) in [6.45, 7) is -9.00. The van der Waals surface area contributed by atoms with E-state index in [1.165, 1.54) is 6.92 Å². The van der Waals surface area contributed by atoms with Gasteiger partial charge in [-0.15, -0.1) is 0 Å². The molecule has 1 aromatic rings. The largest absolute Gasteiger partial charge is 0.283 e. The second kappa shape index (κ2) is 3.93. The van der Waals surface area contributed by atoms with Crippen LogP contribution in [0, 0.1) is 17.0 Å². The minimum atomic E-state index is -3.41. The first kappa shape index (κ1) is 4.53. The van der Waals surface area contributed by atoms with E-state index in [1.54, 1.807) is 0 Å². The van der Waals surface area contributed by atoms with Crippen molar-refractivity contribution in [1.29, 1.82) is 0 Å². The Labute approximate surface area is 110 Å². The molecule has 1 aromatic carbocycles. The Bertz CT molecular complexity index is 627. The molecule has 1 rings (SSSR count). The molecule has 0 saturated heterocycles. The van der Waals surface area contributed by atoms with Gasteiger partial charge in [0.05, 0.1) is 9.40 Å². The molecule has 0 atom stereocenters. The number of halogens is 1. The van der Waals surface area contributed by atoms with Crippen LogP contribution in [0.2, 0.25) is 0 Å². The number of aryl methyl sites for hydroxylation is 1. The number of benzene rings is 1. The highest BCUT2D eigenvalue weighted by Crippen LogP contribution is 2.33. The van der Waals surface area contributed by atoms with Gasteiger partial charge in [-0.05, 0) is 45.5 Å². The average molecular weight is 281 g/mol. The van der Waals surface area contributed by atoms with E-state index in [2.05, 4.69) is 15.9 Å². The highest BCUT2D eigenvalue weighted by Gasteiger charge is 2.21. The van der Waals surface area contributed by atoms with Crippen molar-refractivity contribution in [1.82, 2.24) is 0 Å². The first-order chi connectivity index (χ1) is 10.5. The van der Waals surface area contributed by atoms with Gasteiger partial charge >= 0.3 is 0 Å². The van der Waals surface area contributed by atoms with Crippen LogP contribution in [0.15, 0.2) is 16.6 Å². The zero-order chi connectivity index (χ0) is 19.3. The molecule has 0 aliphatic heterocycles. The molecule has 0 aromatic heterocycles. The third kappa shape index (κ3) is 2.56. The van der Waals surface area contributed by atoms with Crippen molar-refractivity contribution < 1.29 is 17.3 Å². The summed E-state index contributed by atoms with van der Waals surface area (Å²) in [5, 5.41) is 11.0. The molecule has 4 heteroatoms. The van der Waals surface area contributed by atoms with Crippen molar-refractivity contribution in [2.45, 2.75) is 32.9 Å². The summed E-state index contributed by atoms with van der Waals surface area (Å²) < 4.78 is 68.7. The van der Waals surface area contributed by atoms with E-state index in [1.807, 2.05) is 0 Å². The number of nitrogens with zero attached hydrogens (tertiary/aromatic N) is 1. The van der Waals surface area contributed by atoms with Crippen LogP contribution >= 0.6 is 15.9 Å². The van der Waals surface area contributed by atoms with Gasteiger partial charge in [0, 0.05) is 18.4 Å². The first-order valence-electron chi connectivity index (χ1n) is 8.43. The van der Waals surface area contributed by atoms with E-state index in [0.29, 0.717) is 0 Å². The standard InChI is InChI=1S/C11H14BrNO2/c1-7-5-10(13(14)15)9(12)6-8(7)11(2,3)4/h5-6H,1-4H3/i2D3,3D3,4D3. The Balaban J connectivity index is 4.03. The van der Waals surface area contributed by atoms with E-state index in [4.69, 9.17) is 12.3 Å². The van der Waals surface area contributed by atoms with Crippen LogP contribution in [0.1, 0.15) is 44.0 Å². The lowest BCUT2D eigenvalue weighted by Crippen LogP contribution is -2.13. The highest BCUT2D eigenvalue weighted by molar-refractivity contribution is 9.10. The summed E-state index contributed by atoms with van der Waals surface area (Å²) in [4.78, 5) is 10.2. The zero-order valence-electron chi connectivity index (χ0n) is 16.8. The molecular weight excluding hydrogens is 258 g/mol. The third-order valence-electron chi connectivity index (χ3n) is 1.89. The van der Waals surface area contributed by atoms with Gasteiger partial charge in [0.15, 0.2) is 0 Å². The second-order valence-electron chi connectivity index (χ2n) is 3.13. The highest BCUT2D eigenvalue weighted by atomic mass is 79.9. The maximum Gasteiger partial charge on any atom is 0.283 e. The van der Waals surface area contributed by atoms with E-state index in [-0.39, 0.29) is 10.0 Å². The minimum absolute atomic E-state index is 0.103. The van der Waals surface area contributed by atoms with Crippen molar-refractivity contribution in [3.8, 4) is 0 Å². The average Bonchev–Trinajstić information content (AvgIpc) is 2.27. The number of nitro groups is 1. The second-order valence-corrected chi connectivity index (χ2v) is 3.98. The Kier molecular flexibility index (Phi) is 1.19. The van der Waals surface area contributed by atoms with Gasteiger partial charge in [0.1, 0.15) is 0 Å². The Morgan fingerprint density at radius 3 is 2.53 bits per heavy atom. The fraction of sp³-hybridized carbons (Fsp3) is 0.455. The molecular formula is C11H14BrNO2. The predicted molar refractivity (Wildman–Crippen MR) is 64.2 cm³/mol. The molecule has 0 bridgehead atoms. The SMILES string of the molecule is [2H]C([2H])([2H])C(c1cc(Br)c([N+](=O)[O-])cc1C)(C([2H])([2H])[2H])C([2H])([2H])[2H]. The van der Waals surface area contributed by atoms with E-state index in [9.17, 15) is 10.1 Å². The quantitative estimate of drug-likeness (QED) is 0.577. The van der Waals surface area contributed by atoms with Crippen LogP contribution in [0.3, 0.4) is 0 Å². The van der Waals surface area contributed by atoms with Crippen LogP contribution in [0.25, 0.3) is 0 Å². The Hall–Kier alpha value is -0.900. The van der Waals surface area contributed by atoms with E-state index in [0.717, 1.165) is 12.1 Å². The van der Waals surface area contributed by atoms with Gasteiger partial charge in [0.25, 0.3) is 5.69 Å². The summed E-state index contributed by atoms with van der Waals surface area (Å²) in [6.07, 6.45) is 0. The number of hydrogen-bond acceptors (Lipinski definition) is 2. The van der Waals surface area contributed by atoms with Gasteiger partial charge in [-0.3, -0.25) is 10.1 Å². The summed E-state index contributed by atoms with van der Waals surface area (Å²) in [5.41, 5.74) is -4.21. The first-order valence-corrected chi connectivity index (χ1v) is 4.73. The maximum atomic E-state index is 11.0. The molecule has 0 unspecified atom stereocenters. The van der Waals surface area contributed by atoms with E-state index < -0.39 is 42.1 Å². The number of hydrogen-bond donors (Lipinski definition) is 0. The molecule has 0 aliphatic rings. The summed E-state index contributed by atoms with van der Waals surface area (Å²) in [7, 11) is 0. The molecule has 3 nitrogen and oxygen atoms in total. The van der Waals surface area contributed by atoms with E-state index >= 15 is 0 Å². The van der Waals surface area contributed by atoms with Crippen LogP contribution < -0.4 is 0 Å². The topological polar surface area (TPSA) is 43.1 Å². The van der Waals surface area contributed by atoms with Gasteiger partial charge in [-0.1, -0.05) is 20.6 Å². The molecule has 82 valence electrons. The third-order valence-corrected chi connectivity index (χ3v) is 2.53. The van der Waals surface area contributed by atoms with Gasteiger partial charge in [-0.2, -0.15) is 0 Å². The minimum Gasteiger partial charge on any atom is -0.258 e. The number of nitro benzene ring substituents is 1. The van der Waals surface area contributed by atoms with Gasteiger partial charge in [0.2, 0.25) is 0 Å². The molecule has 0 heterocycles. The van der Waals surface area contributed by atoms with Crippen molar-refractivity contribution in [3.63, 3.8) is 0 Å². The maximum absolute atomic E-state index is 11.0. The molecule has 0 N–H and O–H groups in total. The fourth-order valence-corrected chi connectivity index (χ4v) is 1.70. The van der Waals surface area contributed by atoms with Crippen LogP contribution in [0.5, 0.6) is 0 Å². The van der Waals surface area contributed by atoms with Crippen molar-refractivity contribution in [2.75, 3.05) is 0 Å². The van der Waals surface area contributed by atoms with Gasteiger partial charge in [-0.25, -0.2) is 0 Å². The molecule has 15 heavy (non-hydrogen) atoms. The van der Waals surface area contributed by atoms with Crippen LogP contribution in [0.4, 0.5) is 5.69 Å². The Morgan fingerprint density at radius 2 is 2.07 bits per heavy atom. The smallest absolute Gasteiger partial charge is 0.258 e. The van der Waals surface area contributed by atoms with Gasteiger partial charge < -0.3 is 0 Å². The van der Waals surface area contributed by atoms with Crippen molar-refractivity contribution in [3.05, 3.63) is 37.8 Å². The molecule has 0 fully saturated rings. The summed E-state index contributed by atoms with van der Waals surface area (Å²) in [6, 6.07) is 1.86. The molecule has 0 spiro atoms. The molecule has 0 radical (unpaired) electrons. The molecule has 0 saturated carbocycles. The Morgan fingerprint density at radius 1 is 1.47 bits per heavy atom. The normalized spacial score (nSPS) is 22.9. The zero-order valence-corrected chi connectivity index (χ0v) is 9.38. The molecule has 0 amide bonds. The van der Waals surface area contributed by atoms with Crippen molar-refractivity contribution in [2.24, 2.45) is 0 Å². The lowest BCUT2D eigenvalue weighted by molar-refractivity contribution is -0.385. The predicted octanol–water partition coefficient (Wildman–Crippen LogP) is 3.96. The molecule has 0 aliphatic carbocycles. The summed E-state index contributed by atoms with van der Waals surface area (Å²) >= 11 is 2.88. The van der Waals surface area contributed by atoms with Crippen LogP contribution in [-0.4, -0.2) is 4.92 Å². The summed E-state index contributed by atoms with van der Waals surface area (Å²) in [5.74, 6) is 0. The van der Waals surface area contributed by atoms with Crippen molar-refractivity contribution >= 4 is 21.6 Å². The monoisotopic (exact) mass is 280 g/mol. The number of rotatable bonds is 1. The van der Waals surface area contributed by atoms with Crippen LogP contribution in [-0.2, 0) is 5.41 Å². The fourth-order valence-electron chi connectivity index (χ4n) is 1.21.